The fourth-order valence-corrected chi connectivity index (χ4v) is 0.743. The van der Waals surface area contributed by atoms with Crippen molar-refractivity contribution < 1.29 is 9.59 Å². The van der Waals surface area contributed by atoms with Gasteiger partial charge in [0.15, 0.2) is 0 Å². The summed E-state index contributed by atoms with van der Waals surface area (Å²) >= 11 is 0. The molecule has 0 unspecified atom stereocenters. The molecule has 0 aromatic rings. The molecule has 0 aromatic carbocycles. The number of primary amides is 2. The average molecular weight is 174 g/mol. The van der Waals surface area contributed by atoms with Gasteiger partial charge < -0.3 is 17.2 Å². The van der Waals surface area contributed by atoms with E-state index >= 15 is 0 Å². The zero-order valence-electron chi connectivity index (χ0n) is 6.82. The number of imide groups is 1. The third kappa shape index (κ3) is 3.77. The molecule has 0 aliphatic heterocycles. The van der Waals surface area contributed by atoms with Crippen LogP contribution in [0.3, 0.4) is 0 Å². The van der Waals surface area contributed by atoms with Crippen LogP contribution in [0.5, 0.6) is 0 Å². The van der Waals surface area contributed by atoms with Gasteiger partial charge >= 0.3 is 12.1 Å². The van der Waals surface area contributed by atoms with Crippen LogP contribution in [0.15, 0.2) is 0 Å². The van der Waals surface area contributed by atoms with Crippen molar-refractivity contribution in [2.75, 3.05) is 13.1 Å². The SMILES string of the molecule is NCCCCN(C(N)=O)C(N)=O. The fourth-order valence-electron chi connectivity index (χ4n) is 0.743. The predicted molar refractivity (Wildman–Crippen MR) is 44.2 cm³/mol. The maximum Gasteiger partial charge on any atom is 0.322 e. The van der Waals surface area contributed by atoms with E-state index in [9.17, 15) is 9.59 Å². The van der Waals surface area contributed by atoms with Gasteiger partial charge in [-0.05, 0) is 19.4 Å². The summed E-state index contributed by atoms with van der Waals surface area (Å²) in [6.07, 6.45) is 1.36. The Labute approximate surface area is 70.7 Å². The van der Waals surface area contributed by atoms with E-state index in [0.29, 0.717) is 13.0 Å². The normalized spacial score (nSPS) is 9.42. The van der Waals surface area contributed by atoms with Crippen LogP contribution in [0.25, 0.3) is 0 Å². The molecule has 0 fully saturated rings. The van der Waals surface area contributed by atoms with E-state index < -0.39 is 12.1 Å². The second-order valence-corrected chi connectivity index (χ2v) is 2.32. The Kier molecular flexibility index (Phi) is 4.78. The van der Waals surface area contributed by atoms with Gasteiger partial charge in [-0.1, -0.05) is 0 Å². The maximum atomic E-state index is 10.6. The van der Waals surface area contributed by atoms with Crippen molar-refractivity contribution in [2.45, 2.75) is 12.8 Å². The number of urea groups is 2. The monoisotopic (exact) mass is 174 g/mol. The largest absolute Gasteiger partial charge is 0.351 e. The van der Waals surface area contributed by atoms with E-state index in [2.05, 4.69) is 0 Å². The van der Waals surface area contributed by atoms with Gasteiger partial charge in [-0.2, -0.15) is 0 Å². The highest BCUT2D eigenvalue weighted by molar-refractivity contribution is 5.91. The molecule has 0 bridgehead atoms. The first kappa shape index (κ1) is 10.7. The Hall–Kier alpha value is -1.30. The maximum absolute atomic E-state index is 10.6. The molecule has 4 amide bonds. The zero-order chi connectivity index (χ0) is 9.56. The van der Waals surface area contributed by atoms with Crippen molar-refractivity contribution in [1.29, 1.82) is 0 Å². The second kappa shape index (κ2) is 5.36. The minimum Gasteiger partial charge on any atom is -0.351 e. The first-order valence-corrected chi connectivity index (χ1v) is 3.66. The minimum absolute atomic E-state index is 0.238. The standard InChI is InChI=1S/C6H14N4O2/c7-3-1-2-4-10(5(8)11)6(9)12/h1-4,7H2,(H2,8,11)(H2,9,12). The van der Waals surface area contributed by atoms with Gasteiger partial charge in [0, 0.05) is 6.54 Å². The number of unbranched alkanes of at least 4 members (excludes halogenated alkanes) is 1. The molecule has 0 saturated carbocycles. The van der Waals surface area contributed by atoms with Crippen molar-refractivity contribution in [3.05, 3.63) is 0 Å². The van der Waals surface area contributed by atoms with Crippen LogP contribution >= 0.6 is 0 Å². The van der Waals surface area contributed by atoms with Crippen LogP contribution in [-0.2, 0) is 0 Å². The molecule has 6 heteroatoms. The molecule has 12 heavy (non-hydrogen) atoms. The van der Waals surface area contributed by atoms with Crippen LogP contribution in [0, 0.1) is 0 Å². The molecule has 0 aliphatic carbocycles. The minimum atomic E-state index is -0.820. The van der Waals surface area contributed by atoms with Crippen molar-refractivity contribution in [3.63, 3.8) is 0 Å². The summed E-state index contributed by atoms with van der Waals surface area (Å²) in [5.41, 5.74) is 15.0. The molecule has 0 rings (SSSR count). The van der Waals surface area contributed by atoms with Gasteiger partial charge in [-0.25, -0.2) is 14.5 Å². The Morgan fingerprint density at radius 2 is 1.58 bits per heavy atom. The summed E-state index contributed by atoms with van der Waals surface area (Å²) < 4.78 is 0. The number of rotatable bonds is 4. The van der Waals surface area contributed by atoms with E-state index in [1.54, 1.807) is 0 Å². The molecule has 0 saturated heterocycles. The van der Waals surface area contributed by atoms with Crippen molar-refractivity contribution in [1.82, 2.24) is 4.90 Å². The van der Waals surface area contributed by atoms with E-state index in [0.717, 1.165) is 11.3 Å². The van der Waals surface area contributed by atoms with Crippen molar-refractivity contribution in [2.24, 2.45) is 17.2 Å². The second-order valence-electron chi connectivity index (χ2n) is 2.32. The summed E-state index contributed by atoms with van der Waals surface area (Å²) in [5.74, 6) is 0. The van der Waals surface area contributed by atoms with Crippen molar-refractivity contribution in [3.8, 4) is 0 Å². The average Bonchev–Trinajstić information content (AvgIpc) is 1.96. The first-order chi connectivity index (χ1) is 5.59. The Morgan fingerprint density at radius 3 is 1.92 bits per heavy atom. The van der Waals surface area contributed by atoms with Crippen LogP contribution in [0.1, 0.15) is 12.8 Å². The number of amides is 4. The molecule has 6 nitrogen and oxygen atoms in total. The quantitative estimate of drug-likeness (QED) is 0.484. The smallest absolute Gasteiger partial charge is 0.322 e. The number of nitrogens with two attached hydrogens (primary N) is 3. The van der Waals surface area contributed by atoms with Gasteiger partial charge in [-0.15, -0.1) is 0 Å². The van der Waals surface area contributed by atoms with Crippen molar-refractivity contribution >= 4 is 12.1 Å². The number of hydrogen-bond donors (Lipinski definition) is 3. The Bertz CT molecular complexity index is 157. The summed E-state index contributed by atoms with van der Waals surface area (Å²) in [4.78, 5) is 21.9. The molecular weight excluding hydrogens is 160 g/mol. The van der Waals surface area contributed by atoms with Gasteiger partial charge in [-0.3, -0.25) is 0 Å². The lowest BCUT2D eigenvalue weighted by atomic mass is 10.3. The lowest BCUT2D eigenvalue weighted by molar-refractivity contribution is 0.196. The van der Waals surface area contributed by atoms with Gasteiger partial charge in [0.2, 0.25) is 0 Å². The Balaban J connectivity index is 3.80. The van der Waals surface area contributed by atoms with Gasteiger partial charge in [0.25, 0.3) is 0 Å². The molecule has 6 N–H and O–H groups in total. The molecular formula is C6H14N4O2. The number of carbonyl (C=O) groups is 2. The molecule has 70 valence electrons. The highest BCUT2D eigenvalue weighted by Crippen LogP contribution is 1.93. The summed E-state index contributed by atoms with van der Waals surface area (Å²) in [7, 11) is 0. The van der Waals surface area contributed by atoms with E-state index in [4.69, 9.17) is 17.2 Å². The number of hydrogen-bond acceptors (Lipinski definition) is 3. The predicted octanol–water partition coefficient (Wildman–Crippen LogP) is -0.815. The lowest BCUT2D eigenvalue weighted by Crippen LogP contribution is -2.44. The zero-order valence-corrected chi connectivity index (χ0v) is 6.82. The summed E-state index contributed by atoms with van der Waals surface area (Å²) in [5, 5.41) is 0. The molecule has 0 spiro atoms. The molecule has 0 aliphatic rings. The Morgan fingerprint density at radius 1 is 1.08 bits per heavy atom. The molecule has 0 atom stereocenters. The highest BCUT2D eigenvalue weighted by atomic mass is 16.2. The summed E-state index contributed by atoms with van der Waals surface area (Å²) in [6, 6.07) is -1.64. The number of carbonyl (C=O) groups excluding carboxylic acids is 2. The van der Waals surface area contributed by atoms with E-state index in [-0.39, 0.29) is 6.54 Å². The lowest BCUT2D eigenvalue weighted by Gasteiger charge is -2.14. The van der Waals surface area contributed by atoms with Gasteiger partial charge in [0.05, 0.1) is 0 Å². The summed E-state index contributed by atoms with van der Waals surface area (Å²) in [6.45, 7) is 0.757. The highest BCUT2D eigenvalue weighted by Gasteiger charge is 2.13. The van der Waals surface area contributed by atoms with Gasteiger partial charge in [0.1, 0.15) is 0 Å². The molecule has 0 heterocycles. The fraction of sp³-hybridized carbons (Fsp3) is 0.667. The van der Waals surface area contributed by atoms with Crippen LogP contribution in [0.4, 0.5) is 9.59 Å². The third-order valence-corrected chi connectivity index (χ3v) is 1.37. The van der Waals surface area contributed by atoms with E-state index in [1.807, 2.05) is 0 Å². The van der Waals surface area contributed by atoms with Crippen LogP contribution in [-0.4, -0.2) is 30.1 Å². The van der Waals surface area contributed by atoms with Crippen LogP contribution < -0.4 is 17.2 Å². The first-order valence-electron chi connectivity index (χ1n) is 3.66. The molecule has 0 radical (unpaired) electrons. The number of nitrogens with zero attached hydrogens (tertiary/aromatic N) is 1. The van der Waals surface area contributed by atoms with E-state index in [1.165, 1.54) is 0 Å². The van der Waals surface area contributed by atoms with Crippen LogP contribution in [0.2, 0.25) is 0 Å². The molecule has 0 aromatic heterocycles. The third-order valence-electron chi connectivity index (χ3n) is 1.37. The topological polar surface area (TPSA) is 115 Å².